The van der Waals surface area contributed by atoms with Crippen LogP contribution in [-0.4, -0.2) is 48.9 Å². The second-order valence-electron chi connectivity index (χ2n) is 6.99. The molecule has 0 aromatic heterocycles. The number of unbranched alkanes of at least 4 members (excludes halogenated alkanes) is 3. The van der Waals surface area contributed by atoms with Crippen LogP contribution in [-0.2, 0) is 9.59 Å². The van der Waals surface area contributed by atoms with Gasteiger partial charge in [0.2, 0.25) is 11.8 Å². The summed E-state index contributed by atoms with van der Waals surface area (Å²) in [6.45, 7) is 2.80. The molecule has 1 aliphatic rings. The summed E-state index contributed by atoms with van der Waals surface area (Å²) in [6.07, 6.45) is 6.55. The van der Waals surface area contributed by atoms with Crippen LogP contribution in [0.1, 0.15) is 44.9 Å². The molecule has 1 saturated heterocycles. The minimum absolute atomic E-state index is 0. The molecule has 1 aliphatic heterocycles. The lowest BCUT2D eigenvalue weighted by molar-refractivity contribution is -0.122. The van der Waals surface area contributed by atoms with E-state index >= 15 is 0 Å². The smallest absolute Gasteiger partial charge is 0.238 e. The number of amides is 2. The van der Waals surface area contributed by atoms with Crippen LogP contribution < -0.4 is 16.4 Å². The van der Waals surface area contributed by atoms with Crippen molar-refractivity contribution < 1.29 is 9.59 Å². The molecule has 6 nitrogen and oxygen atoms in total. The zero-order valence-corrected chi connectivity index (χ0v) is 18.0. The Morgan fingerprint density at radius 1 is 0.964 bits per heavy atom. The summed E-state index contributed by atoms with van der Waals surface area (Å²) in [7, 11) is 0. The molecule has 2 amide bonds. The summed E-state index contributed by atoms with van der Waals surface area (Å²) in [6, 6.07) is 9.74. The fourth-order valence-electron chi connectivity index (χ4n) is 3.24. The lowest BCUT2D eigenvalue weighted by Crippen LogP contribution is -2.46. The third-order valence-corrected chi connectivity index (χ3v) is 4.74. The van der Waals surface area contributed by atoms with E-state index in [-0.39, 0.29) is 42.7 Å². The topological polar surface area (TPSA) is 87.5 Å². The summed E-state index contributed by atoms with van der Waals surface area (Å²) in [4.78, 5) is 26.2. The van der Waals surface area contributed by atoms with Gasteiger partial charge in [-0.15, -0.1) is 24.8 Å². The molecule has 1 aromatic carbocycles. The van der Waals surface area contributed by atoms with E-state index in [0.717, 1.165) is 63.8 Å². The van der Waals surface area contributed by atoms with Crippen LogP contribution in [0.25, 0.3) is 0 Å². The first-order chi connectivity index (χ1) is 12.7. The number of carbonyl (C=O) groups is 2. The molecule has 4 N–H and O–H groups in total. The van der Waals surface area contributed by atoms with Gasteiger partial charge in [0.1, 0.15) is 0 Å². The SMILES string of the molecule is Cl.Cl.NCCCCCCC(=O)NC1CCN(CC(=O)Nc2ccccc2)CC1. The molecule has 1 fully saturated rings. The quantitative estimate of drug-likeness (QED) is 0.495. The molecule has 1 aromatic rings. The molecule has 28 heavy (non-hydrogen) atoms. The van der Waals surface area contributed by atoms with Gasteiger partial charge in [0, 0.05) is 31.2 Å². The van der Waals surface area contributed by atoms with Crippen molar-refractivity contribution in [2.24, 2.45) is 5.73 Å². The molecule has 0 atom stereocenters. The molecule has 0 unspecified atom stereocenters. The van der Waals surface area contributed by atoms with E-state index in [1.54, 1.807) is 0 Å². The fourth-order valence-corrected chi connectivity index (χ4v) is 3.24. The van der Waals surface area contributed by atoms with Crippen molar-refractivity contribution >= 4 is 42.3 Å². The van der Waals surface area contributed by atoms with E-state index in [0.29, 0.717) is 13.0 Å². The van der Waals surface area contributed by atoms with Crippen molar-refractivity contribution in [3.8, 4) is 0 Å². The van der Waals surface area contributed by atoms with Crippen molar-refractivity contribution in [2.75, 3.05) is 31.5 Å². The molecule has 2 rings (SSSR count). The number of nitrogens with zero attached hydrogens (tertiary/aromatic N) is 1. The fraction of sp³-hybridized carbons (Fsp3) is 0.600. The standard InChI is InChI=1S/C20H32N4O2.2ClH/c21-13-7-2-1-6-10-19(25)22-18-11-14-24(15-12-18)16-20(26)23-17-8-4-3-5-9-17;;/h3-5,8-9,18H,1-2,6-7,10-16,21H2,(H,22,25)(H,23,26);2*1H. The van der Waals surface area contributed by atoms with E-state index in [9.17, 15) is 9.59 Å². The van der Waals surface area contributed by atoms with E-state index in [1.807, 2.05) is 30.3 Å². The van der Waals surface area contributed by atoms with E-state index in [2.05, 4.69) is 15.5 Å². The summed E-state index contributed by atoms with van der Waals surface area (Å²) in [5.41, 5.74) is 6.29. The highest BCUT2D eigenvalue weighted by molar-refractivity contribution is 5.92. The van der Waals surface area contributed by atoms with Crippen molar-refractivity contribution in [2.45, 2.75) is 51.0 Å². The number of carbonyl (C=O) groups excluding carboxylic acids is 2. The van der Waals surface area contributed by atoms with Gasteiger partial charge in [0.05, 0.1) is 6.54 Å². The van der Waals surface area contributed by atoms with E-state index in [4.69, 9.17) is 5.73 Å². The van der Waals surface area contributed by atoms with Crippen LogP contribution in [0.4, 0.5) is 5.69 Å². The lowest BCUT2D eigenvalue weighted by atomic mass is 10.0. The first-order valence-corrected chi connectivity index (χ1v) is 9.74. The number of hydrogen-bond acceptors (Lipinski definition) is 4. The van der Waals surface area contributed by atoms with Crippen molar-refractivity contribution in [3.05, 3.63) is 30.3 Å². The molecule has 1 heterocycles. The predicted molar refractivity (Wildman–Crippen MR) is 119 cm³/mol. The molecule has 0 aliphatic carbocycles. The van der Waals surface area contributed by atoms with Crippen LogP contribution in [0, 0.1) is 0 Å². The third-order valence-electron chi connectivity index (χ3n) is 4.74. The summed E-state index contributed by atoms with van der Waals surface area (Å²) in [5, 5.41) is 6.04. The number of nitrogens with two attached hydrogens (primary N) is 1. The van der Waals surface area contributed by atoms with Gasteiger partial charge in [-0.05, 0) is 44.4 Å². The number of likely N-dealkylation sites (tertiary alicyclic amines) is 1. The van der Waals surface area contributed by atoms with Gasteiger partial charge in [-0.3, -0.25) is 14.5 Å². The van der Waals surface area contributed by atoms with Crippen LogP contribution in [0.2, 0.25) is 0 Å². The molecule has 0 saturated carbocycles. The minimum atomic E-state index is 0. The van der Waals surface area contributed by atoms with Crippen LogP contribution in [0.3, 0.4) is 0 Å². The van der Waals surface area contributed by atoms with Crippen LogP contribution in [0.5, 0.6) is 0 Å². The molecule has 160 valence electrons. The molecule has 8 heteroatoms. The first-order valence-electron chi connectivity index (χ1n) is 9.74. The van der Waals surface area contributed by atoms with Crippen molar-refractivity contribution in [1.29, 1.82) is 0 Å². The minimum Gasteiger partial charge on any atom is -0.353 e. The Morgan fingerprint density at radius 2 is 1.61 bits per heavy atom. The molecular formula is C20H34Cl2N4O2. The number of anilines is 1. The zero-order valence-electron chi connectivity index (χ0n) is 16.4. The van der Waals surface area contributed by atoms with Crippen molar-refractivity contribution in [3.63, 3.8) is 0 Å². The highest BCUT2D eigenvalue weighted by atomic mass is 35.5. The second kappa shape index (κ2) is 15.6. The monoisotopic (exact) mass is 432 g/mol. The normalized spacial score (nSPS) is 14.5. The average Bonchev–Trinajstić information content (AvgIpc) is 2.64. The zero-order chi connectivity index (χ0) is 18.6. The molecule has 0 spiro atoms. The van der Waals surface area contributed by atoms with Crippen LogP contribution in [0.15, 0.2) is 30.3 Å². The van der Waals surface area contributed by atoms with Gasteiger partial charge >= 0.3 is 0 Å². The number of piperidine rings is 1. The highest BCUT2D eigenvalue weighted by Crippen LogP contribution is 2.12. The first kappa shape index (κ1) is 26.7. The maximum atomic E-state index is 12.1. The number of nitrogens with one attached hydrogen (secondary N) is 2. The summed E-state index contributed by atoms with van der Waals surface area (Å²) >= 11 is 0. The maximum absolute atomic E-state index is 12.1. The third kappa shape index (κ3) is 10.9. The Morgan fingerprint density at radius 3 is 2.25 bits per heavy atom. The van der Waals surface area contributed by atoms with Gasteiger partial charge in [-0.25, -0.2) is 0 Å². The van der Waals surface area contributed by atoms with E-state index < -0.39 is 0 Å². The average molecular weight is 433 g/mol. The van der Waals surface area contributed by atoms with Gasteiger partial charge in [0.15, 0.2) is 0 Å². The number of halogens is 2. The van der Waals surface area contributed by atoms with Crippen LogP contribution >= 0.6 is 24.8 Å². The Labute approximate surface area is 180 Å². The largest absolute Gasteiger partial charge is 0.353 e. The Kier molecular flexibility index (Phi) is 14.8. The van der Waals surface area contributed by atoms with Gasteiger partial charge in [0.25, 0.3) is 0 Å². The summed E-state index contributed by atoms with van der Waals surface area (Å²) in [5.74, 6) is 0.161. The van der Waals surface area contributed by atoms with Gasteiger partial charge in [-0.2, -0.15) is 0 Å². The van der Waals surface area contributed by atoms with E-state index in [1.165, 1.54) is 0 Å². The molecular weight excluding hydrogens is 399 g/mol. The van der Waals surface area contributed by atoms with Gasteiger partial charge in [-0.1, -0.05) is 31.0 Å². The van der Waals surface area contributed by atoms with Gasteiger partial charge < -0.3 is 16.4 Å². The predicted octanol–water partition coefficient (Wildman–Crippen LogP) is 2.96. The van der Waals surface area contributed by atoms with Crippen molar-refractivity contribution in [1.82, 2.24) is 10.2 Å². The maximum Gasteiger partial charge on any atom is 0.238 e. The Bertz CT molecular complexity index is 552. The number of rotatable bonds is 10. The second-order valence-corrected chi connectivity index (χ2v) is 6.99. The number of hydrogen-bond donors (Lipinski definition) is 3. The number of para-hydroxylation sites is 1. The number of benzene rings is 1. The molecule has 0 radical (unpaired) electrons. The Hall–Kier alpha value is -1.34. The molecule has 0 bridgehead atoms. The lowest BCUT2D eigenvalue weighted by Gasteiger charge is -2.31. The Balaban J connectivity index is 0.00000364. The summed E-state index contributed by atoms with van der Waals surface area (Å²) < 4.78 is 0. The highest BCUT2D eigenvalue weighted by Gasteiger charge is 2.21.